The van der Waals surface area contributed by atoms with Crippen LogP contribution in [0.1, 0.15) is 63.5 Å². The first-order chi connectivity index (χ1) is 10.6. The first kappa shape index (κ1) is 13.3. The molecule has 0 atom stereocenters. The summed E-state index contributed by atoms with van der Waals surface area (Å²) in [5, 5.41) is 0. The Morgan fingerprint density at radius 3 is 2.41 bits per heavy atom. The van der Waals surface area contributed by atoms with Crippen molar-refractivity contribution >= 4 is 17.6 Å². The quantitative estimate of drug-likeness (QED) is 0.686. The lowest BCUT2D eigenvalue weighted by molar-refractivity contribution is 0.0973. The van der Waals surface area contributed by atoms with Crippen molar-refractivity contribution in [2.45, 2.75) is 33.2 Å². The number of carbonyl (C=O) groups is 2. The highest BCUT2D eigenvalue weighted by atomic mass is 16.1. The summed E-state index contributed by atoms with van der Waals surface area (Å²) in [5.41, 5.74) is 5.70. The van der Waals surface area contributed by atoms with Gasteiger partial charge in [0.15, 0.2) is 5.78 Å². The summed E-state index contributed by atoms with van der Waals surface area (Å²) in [4.78, 5) is 25.9. The van der Waals surface area contributed by atoms with Crippen molar-refractivity contribution in [3.8, 4) is 0 Å². The van der Waals surface area contributed by atoms with Crippen molar-refractivity contribution in [3.63, 3.8) is 0 Å². The number of benzene rings is 1. The van der Waals surface area contributed by atoms with Gasteiger partial charge in [-0.1, -0.05) is 29.8 Å². The minimum Gasteiger partial charge on any atom is -0.338 e. The van der Waals surface area contributed by atoms with E-state index in [1.807, 2.05) is 23.6 Å². The third-order valence-corrected chi connectivity index (χ3v) is 4.74. The van der Waals surface area contributed by atoms with E-state index in [1.54, 1.807) is 12.1 Å². The molecule has 3 heteroatoms. The van der Waals surface area contributed by atoms with E-state index in [2.05, 4.69) is 13.0 Å². The maximum absolute atomic E-state index is 13.0. The zero-order valence-corrected chi connectivity index (χ0v) is 12.8. The fourth-order valence-electron chi connectivity index (χ4n) is 3.69. The molecule has 0 amide bonds. The summed E-state index contributed by atoms with van der Waals surface area (Å²) in [6.45, 7) is 4.83. The Balaban J connectivity index is 2.08. The maximum Gasteiger partial charge on any atom is 0.210 e. The molecular formula is C19H17NO2. The van der Waals surface area contributed by atoms with Gasteiger partial charge in [0.25, 0.3) is 0 Å². The van der Waals surface area contributed by atoms with Crippen LogP contribution in [0.3, 0.4) is 0 Å². The molecule has 0 spiro atoms. The summed E-state index contributed by atoms with van der Waals surface area (Å²) in [5.74, 6) is -0.0193. The highest BCUT2D eigenvalue weighted by molar-refractivity contribution is 6.28. The van der Waals surface area contributed by atoms with Crippen LogP contribution in [0.2, 0.25) is 0 Å². The van der Waals surface area contributed by atoms with Crippen molar-refractivity contribution in [1.82, 2.24) is 4.57 Å². The molecule has 110 valence electrons. The van der Waals surface area contributed by atoms with Crippen LogP contribution in [0.25, 0.3) is 6.08 Å². The number of aromatic nitrogens is 1. The summed E-state index contributed by atoms with van der Waals surface area (Å²) in [6.07, 6.45) is 3.93. The lowest BCUT2D eigenvalue weighted by atomic mass is 9.84. The number of carbonyl (C=O) groups excluding carboxylic acids is 2. The van der Waals surface area contributed by atoms with Crippen LogP contribution in [0.15, 0.2) is 29.8 Å². The molecule has 3 nitrogen and oxygen atoms in total. The van der Waals surface area contributed by atoms with Crippen molar-refractivity contribution in [2.75, 3.05) is 0 Å². The van der Waals surface area contributed by atoms with Crippen LogP contribution in [0.4, 0.5) is 0 Å². The van der Waals surface area contributed by atoms with Gasteiger partial charge in [-0.25, -0.2) is 0 Å². The Bertz CT molecular complexity index is 832. The third-order valence-electron chi connectivity index (χ3n) is 4.74. The predicted octanol–water partition coefficient (Wildman–Crippen LogP) is 3.63. The molecule has 2 aliphatic rings. The molecule has 0 saturated carbocycles. The monoisotopic (exact) mass is 291 g/mol. The van der Waals surface area contributed by atoms with E-state index in [9.17, 15) is 9.59 Å². The Morgan fingerprint density at radius 2 is 1.73 bits per heavy atom. The Morgan fingerprint density at radius 1 is 1.05 bits per heavy atom. The van der Waals surface area contributed by atoms with Gasteiger partial charge >= 0.3 is 0 Å². The molecule has 0 unspecified atom stereocenters. The second-order valence-corrected chi connectivity index (χ2v) is 6.03. The van der Waals surface area contributed by atoms with Gasteiger partial charge < -0.3 is 4.57 Å². The minimum atomic E-state index is -0.0208. The number of hydrogen-bond donors (Lipinski definition) is 0. The first-order valence-electron chi connectivity index (χ1n) is 7.74. The van der Waals surface area contributed by atoms with Gasteiger partial charge in [-0.3, -0.25) is 9.59 Å². The predicted molar refractivity (Wildman–Crippen MR) is 85.4 cm³/mol. The average molecular weight is 291 g/mol. The van der Waals surface area contributed by atoms with E-state index in [0.29, 0.717) is 28.9 Å². The number of allylic oxidation sites excluding steroid dienone is 1. The first-order valence-corrected chi connectivity index (χ1v) is 7.74. The van der Waals surface area contributed by atoms with Crippen LogP contribution in [-0.2, 0) is 13.0 Å². The number of hydrogen-bond acceptors (Lipinski definition) is 2. The molecule has 4 rings (SSSR count). The maximum atomic E-state index is 13.0. The molecule has 0 N–H and O–H groups in total. The number of fused-ring (bicyclic) bond motifs is 4. The van der Waals surface area contributed by atoms with Gasteiger partial charge in [-0.15, -0.1) is 0 Å². The molecule has 0 bridgehead atoms. The molecule has 2 aromatic rings. The van der Waals surface area contributed by atoms with Crippen molar-refractivity contribution in [1.29, 1.82) is 0 Å². The van der Waals surface area contributed by atoms with Crippen molar-refractivity contribution < 1.29 is 9.59 Å². The van der Waals surface area contributed by atoms with E-state index in [4.69, 9.17) is 0 Å². The van der Waals surface area contributed by atoms with Crippen LogP contribution >= 0.6 is 0 Å². The Hall–Kier alpha value is -2.42. The average Bonchev–Trinajstić information content (AvgIpc) is 2.86. The van der Waals surface area contributed by atoms with Crippen LogP contribution in [0.5, 0.6) is 0 Å². The van der Waals surface area contributed by atoms with E-state index < -0.39 is 0 Å². The second-order valence-electron chi connectivity index (χ2n) is 6.03. The number of rotatable bonds is 1. The van der Waals surface area contributed by atoms with Crippen LogP contribution in [0, 0.1) is 0 Å². The smallest absolute Gasteiger partial charge is 0.210 e. The summed E-state index contributed by atoms with van der Waals surface area (Å²) in [6, 6.07) is 7.16. The van der Waals surface area contributed by atoms with Gasteiger partial charge in [-0.05, 0) is 38.3 Å². The number of nitrogens with zero attached hydrogens (tertiary/aromatic N) is 1. The van der Waals surface area contributed by atoms with Gasteiger partial charge in [0.2, 0.25) is 5.78 Å². The van der Waals surface area contributed by atoms with Gasteiger partial charge in [-0.2, -0.15) is 0 Å². The highest BCUT2D eigenvalue weighted by Gasteiger charge is 2.37. The lowest BCUT2D eigenvalue weighted by Crippen LogP contribution is -2.23. The summed E-state index contributed by atoms with van der Waals surface area (Å²) < 4.78 is 2.02. The zero-order chi connectivity index (χ0) is 15.4. The summed E-state index contributed by atoms with van der Waals surface area (Å²) in [7, 11) is 0. The topological polar surface area (TPSA) is 39.1 Å². The van der Waals surface area contributed by atoms with E-state index in [0.717, 1.165) is 24.1 Å². The molecular weight excluding hydrogens is 274 g/mol. The van der Waals surface area contributed by atoms with Gasteiger partial charge in [0.1, 0.15) is 5.69 Å². The van der Waals surface area contributed by atoms with Gasteiger partial charge in [0.05, 0.1) is 5.56 Å². The fraction of sp³-hybridized carbons (Fsp3) is 0.263. The second kappa shape index (κ2) is 4.54. The van der Waals surface area contributed by atoms with E-state index in [1.165, 1.54) is 5.57 Å². The largest absolute Gasteiger partial charge is 0.338 e. The Kier molecular flexibility index (Phi) is 2.73. The molecule has 0 saturated heterocycles. The van der Waals surface area contributed by atoms with E-state index in [-0.39, 0.29) is 11.6 Å². The fourth-order valence-corrected chi connectivity index (χ4v) is 3.69. The summed E-state index contributed by atoms with van der Waals surface area (Å²) >= 11 is 0. The lowest BCUT2D eigenvalue weighted by Gasteiger charge is -2.17. The van der Waals surface area contributed by atoms with Gasteiger partial charge in [0, 0.05) is 23.4 Å². The van der Waals surface area contributed by atoms with Crippen molar-refractivity contribution in [2.24, 2.45) is 0 Å². The molecule has 22 heavy (non-hydrogen) atoms. The van der Waals surface area contributed by atoms with Crippen LogP contribution in [-0.4, -0.2) is 16.1 Å². The molecule has 0 radical (unpaired) electrons. The molecule has 0 fully saturated rings. The molecule has 1 aromatic carbocycles. The van der Waals surface area contributed by atoms with Crippen molar-refractivity contribution in [3.05, 3.63) is 63.5 Å². The molecule has 1 heterocycles. The standard InChI is InChI=1S/C19H17NO2/c1-3-20-15-10-11(2)8-9-14(15)16-17(20)19(22)13-7-5-4-6-12(13)18(16)21/h4-7,10H,3,8-9H2,1-2H3. The van der Waals surface area contributed by atoms with E-state index >= 15 is 0 Å². The Labute approximate surface area is 129 Å². The molecule has 0 aliphatic heterocycles. The SMILES string of the molecule is CCn1c2c(c3c1C(=O)c1ccccc1C3=O)CCC(C)=C2. The normalized spacial score (nSPS) is 16.0. The molecule has 2 aliphatic carbocycles. The minimum absolute atomic E-state index is 0.00148. The number of ketones is 2. The molecule has 1 aromatic heterocycles. The zero-order valence-electron chi connectivity index (χ0n) is 12.8. The third kappa shape index (κ3) is 1.56. The van der Waals surface area contributed by atoms with Crippen LogP contribution < -0.4 is 0 Å². The highest BCUT2D eigenvalue weighted by Crippen LogP contribution is 2.37.